The molecule has 3 nitrogen and oxygen atoms in total. The summed E-state index contributed by atoms with van der Waals surface area (Å²) in [6.07, 6.45) is 10.7. The summed E-state index contributed by atoms with van der Waals surface area (Å²) in [6.45, 7) is 5.01. The summed E-state index contributed by atoms with van der Waals surface area (Å²) in [6, 6.07) is 6.11. The Balaban J connectivity index is 2.70. The lowest BCUT2D eigenvalue weighted by atomic mass is 10.1. The van der Waals surface area contributed by atoms with E-state index in [2.05, 4.69) is 47.4 Å². The van der Waals surface area contributed by atoms with Crippen molar-refractivity contribution >= 4 is 12.0 Å². The van der Waals surface area contributed by atoms with Crippen molar-refractivity contribution < 1.29 is 14.1 Å². The number of hydrogen-bond acceptors (Lipinski definition) is 2. The zero-order valence-electron chi connectivity index (χ0n) is 12.6. The summed E-state index contributed by atoms with van der Waals surface area (Å²) >= 11 is 0. The topological polar surface area (TPSA) is 30.2 Å². The highest BCUT2D eigenvalue weighted by molar-refractivity contribution is 5.68. The Morgan fingerprint density at radius 2 is 2.20 bits per heavy atom. The maximum Gasteiger partial charge on any atom is 0.305 e. The van der Waals surface area contributed by atoms with Gasteiger partial charge in [-0.15, -0.1) is 0 Å². The van der Waals surface area contributed by atoms with Gasteiger partial charge in [0.05, 0.1) is 13.5 Å². The van der Waals surface area contributed by atoms with Gasteiger partial charge in [0.15, 0.2) is 6.20 Å². The van der Waals surface area contributed by atoms with Gasteiger partial charge in [-0.1, -0.05) is 24.6 Å². The number of nitrogens with zero attached hydrogens (tertiary/aromatic N) is 1. The first-order valence-corrected chi connectivity index (χ1v) is 7.09. The molecule has 0 N–H and O–H groups in total. The molecule has 0 fully saturated rings. The van der Waals surface area contributed by atoms with E-state index in [-0.39, 0.29) is 5.97 Å². The normalized spacial score (nSPS) is 11.8. The van der Waals surface area contributed by atoms with E-state index in [1.165, 1.54) is 12.7 Å². The van der Waals surface area contributed by atoms with E-state index in [1.807, 2.05) is 18.3 Å². The molecule has 0 radical (unpaired) electrons. The fraction of sp³-hybridized carbons (Fsp3) is 0.412. The van der Waals surface area contributed by atoms with E-state index >= 15 is 0 Å². The molecular weight excluding hydrogens is 250 g/mol. The van der Waals surface area contributed by atoms with Crippen molar-refractivity contribution in [1.29, 1.82) is 0 Å². The summed E-state index contributed by atoms with van der Waals surface area (Å²) < 4.78 is 6.81. The second-order valence-electron chi connectivity index (χ2n) is 4.55. The molecule has 0 saturated heterocycles. The Bertz CT molecular complexity index is 490. The van der Waals surface area contributed by atoms with E-state index in [9.17, 15) is 4.79 Å². The average Bonchev–Trinajstić information content (AvgIpc) is 2.49. The Hall–Kier alpha value is -1.90. The Kier molecular flexibility index (Phi) is 7.33. The third-order valence-corrected chi connectivity index (χ3v) is 3.23. The molecule has 0 unspecified atom stereocenters. The summed E-state index contributed by atoms with van der Waals surface area (Å²) in [7, 11) is 1.43. The van der Waals surface area contributed by atoms with Gasteiger partial charge in [-0.3, -0.25) is 4.79 Å². The van der Waals surface area contributed by atoms with Crippen LogP contribution in [0, 0.1) is 0 Å². The number of pyridine rings is 1. The number of aromatic nitrogens is 1. The molecule has 0 amide bonds. The summed E-state index contributed by atoms with van der Waals surface area (Å²) in [5.41, 5.74) is 2.46. The molecule has 108 valence electrons. The van der Waals surface area contributed by atoms with Crippen LogP contribution in [0.25, 0.3) is 6.08 Å². The fourth-order valence-electron chi connectivity index (χ4n) is 1.95. The molecule has 0 spiro atoms. The molecular formula is C17H24NO2+. The number of hydrogen-bond donors (Lipinski definition) is 0. The smallest absolute Gasteiger partial charge is 0.305 e. The highest BCUT2D eigenvalue weighted by Gasteiger charge is 2.08. The molecule has 3 heteroatoms. The molecule has 1 aromatic heterocycles. The number of methoxy groups -OCH3 is 1. The molecule has 0 aliphatic heterocycles. The van der Waals surface area contributed by atoms with Crippen molar-refractivity contribution in [2.45, 2.75) is 39.7 Å². The SMILES string of the molecule is CC=C(C=Cc1cccc[n+]1CCCC(=O)OC)CC. The standard InChI is InChI=1S/C17H24NO2/c1-4-15(5-2)11-12-16-9-6-7-13-18(16)14-8-10-17(19)20-3/h4,6-7,9,11-13H,5,8,10,14H2,1-3H3/q+1. The number of esters is 1. The molecule has 0 aromatic carbocycles. The molecule has 1 rings (SSSR count). The van der Waals surface area contributed by atoms with E-state index in [4.69, 9.17) is 0 Å². The Morgan fingerprint density at radius 1 is 1.40 bits per heavy atom. The van der Waals surface area contributed by atoms with Crippen LogP contribution in [0.2, 0.25) is 0 Å². The van der Waals surface area contributed by atoms with Gasteiger partial charge < -0.3 is 4.74 Å². The van der Waals surface area contributed by atoms with Crippen molar-refractivity contribution in [2.24, 2.45) is 0 Å². The van der Waals surface area contributed by atoms with Crippen LogP contribution in [-0.4, -0.2) is 13.1 Å². The van der Waals surface area contributed by atoms with Gasteiger partial charge in [-0.2, -0.15) is 4.57 Å². The lowest BCUT2D eigenvalue weighted by Crippen LogP contribution is -2.36. The average molecular weight is 274 g/mol. The lowest BCUT2D eigenvalue weighted by molar-refractivity contribution is -0.698. The largest absolute Gasteiger partial charge is 0.469 e. The van der Waals surface area contributed by atoms with Gasteiger partial charge in [0.25, 0.3) is 0 Å². The zero-order chi connectivity index (χ0) is 14.8. The van der Waals surface area contributed by atoms with Crippen LogP contribution in [0.5, 0.6) is 0 Å². The van der Waals surface area contributed by atoms with Gasteiger partial charge in [-0.25, -0.2) is 0 Å². The fourth-order valence-corrected chi connectivity index (χ4v) is 1.95. The van der Waals surface area contributed by atoms with Crippen LogP contribution in [-0.2, 0) is 16.1 Å². The second kappa shape index (κ2) is 9.08. The highest BCUT2D eigenvalue weighted by Crippen LogP contribution is 2.05. The number of rotatable bonds is 7. The van der Waals surface area contributed by atoms with Crippen LogP contribution >= 0.6 is 0 Å². The van der Waals surface area contributed by atoms with Gasteiger partial charge >= 0.3 is 5.97 Å². The number of ether oxygens (including phenoxy) is 1. The molecule has 1 aromatic rings. The van der Waals surface area contributed by atoms with Gasteiger partial charge in [0.1, 0.15) is 6.54 Å². The van der Waals surface area contributed by atoms with Gasteiger partial charge in [0.2, 0.25) is 5.69 Å². The molecule has 20 heavy (non-hydrogen) atoms. The first-order valence-electron chi connectivity index (χ1n) is 7.09. The van der Waals surface area contributed by atoms with Crippen LogP contribution in [0.1, 0.15) is 38.8 Å². The van der Waals surface area contributed by atoms with E-state index in [0.29, 0.717) is 6.42 Å². The van der Waals surface area contributed by atoms with E-state index < -0.39 is 0 Å². The lowest BCUT2D eigenvalue weighted by Gasteiger charge is -2.01. The quantitative estimate of drug-likeness (QED) is 0.434. The number of carbonyl (C=O) groups excluding carboxylic acids is 1. The molecule has 0 atom stereocenters. The second-order valence-corrected chi connectivity index (χ2v) is 4.55. The monoisotopic (exact) mass is 274 g/mol. The van der Waals surface area contributed by atoms with Crippen molar-refractivity contribution in [2.75, 3.05) is 7.11 Å². The summed E-state index contributed by atoms with van der Waals surface area (Å²) in [5, 5.41) is 0. The van der Waals surface area contributed by atoms with Crippen LogP contribution < -0.4 is 4.57 Å². The van der Waals surface area contributed by atoms with Crippen LogP contribution in [0.15, 0.2) is 42.1 Å². The zero-order valence-corrected chi connectivity index (χ0v) is 12.6. The summed E-state index contributed by atoms with van der Waals surface area (Å²) in [5.74, 6) is -0.152. The predicted octanol–water partition coefficient (Wildman–Crippen LogP) is 3.30. The van der Waals surface area contributed by atoms with Crippen LogP contribution in [0.3, 0.4) is 0 Å². The molecule has 1 heterocycles. The molecule has 0 saturated carbocycles. The van der Waals surface area contributed by atoms with Gasteiger partial charge in [0, 0.05) is 24.6 Å². The number of allylic oxidation sites excluding steroid dienone is 3. The van der Waals surface area contributed by atoms with Gasteiger partial charge in [-0.05, 0) is 19.4 Å². The first kappa shape index (κ1) is 16.2. The number of carbonyl (C=O) groups is 1. The third-order valence-electron chi connectivity index (χ3n) is 3.23. The predicted molar refractivity (Wildman–Crippen MR) is 81.0 cm³/mol. The minimum atomic E-state index is -0.152. The highest BCUT2D eigenvalue weighted by atomic mass is 16.5. The Labute approximate surface area is 121 Å². The van der Waals surface area contributed by atoms with Crippen molar-refractivity contribution in [1.82, 2.24) is 0 Å². The summed E-state index contributed by atoms with van der Waals surface area (Å²) in [4.78, 5) is 11.1. The van der Waals surface area contributed by atoms with E-state index in [1.54, 1.807) is 0 Å². The third kappa shape index (κ3) is 5.39. The minimum Gasteiger partial charge on any atom is -0.469 e. The van der Waals surface area contributed by atoms with Crippen molar-refractivity contribution in [3.05, 3.63) is 47.8 Å². The van der Waals surface area contributed by atoms with Crippen LogP contribution in [0.4, 0.5) is 0 Å². The first-order chi connectivity index (χ1) is 9.71. The molecule has 0 aliphatic carbocycles. The van der Waals surface area contributed by atoms with E-state index in [0.717, 1.165) is 25.1 Å². The van der Waals surface area contributed by atoms with Crippen molar-refractivity contribution in [3.8, 4) is 0 Å². The Morgan fingerprint density at radius 3 is 2.85 bits per heavy atom. The maximum atomic E-state index is 11.1. The number of aryl methyl sites for hydroxylation is 1. The van der Waals surface area contributed by atoms with Crippen molar-refractivity contribution in [3.63, 3.8) is 0 Å². The minimum absolute atomic E-state index is 0.152. The molecule has 0 aliphatic rings. The maximum absolute atomic E-state index is 11.1. The molecule has 0 bridgehead atoms.